The Balaban J connectivity index is 3.05. The van der Waals surface area contributed by atoms with Gasteiger partial charge in [0.05, 0.1) is 0 Å². The predicted molar refractivity (Wildman–Crippen MR) is 54.2 cm³/mol. The molecule has 0 spiro atoms. The first kappa shape index (κ1) is 10.7. The van der Waals surface area contributed by atoms with Gasteiger partial charge in [0, 0.05) is 12.0 Å². The van der Waals surface area contributed by atoms with Crippen molar-refractivity contribution < 1.29 is 4.79 Å². The Bertz CT molecular complexity index is 291. The molecule has 0 saturated heterocycles. The zero-order valence-corrected chi connectivity index (χ0v) is 8.98. The number of carbonyl (C=O) groups excluding carboxylic acids is 1. The number of nitrogens with one attached hydrogen (secondary N) is 1. The zero-order valence-electron chi connectivity index (χ0n) is 8.98. The lowest BCUT2D eigenvalue weighted by atomic mass is 10.2. The molecule has 5 nitrogen and oxygen atoms in total. The van der Waals surface area contributed by atoms with E-state index >= 15 is 0 Å². The lowest BCUT2D eigenvalue weighted by molar-refractivity contribution is -0.105. The highest BCUT2D eigenvalue weighted by Crippen LogP contribution is 2.17. The van der Waals surface area contributed by atoms with Crippen LogP contribution in [-0.4, -0.2) is 21.2 Å². The van der Waals surface area contributed by atoms with Crippen molar-refractivity contribution in [1.82, 2.24) is 14.8 Å². The van der Waals surface area contributed by atoms with E-state index in [2.05, 4.69) is 15.4 Å². The molecule has 1 amide bonds. The minimum atomic E-state index is 0.252. The standard InChI is InChI=1S/C9H16N4O/c1-6(2)8-11-9(10-5-14)12-13(8)7(3)4/h5-7H,1-4H3,(H,10,12,14). The normalized spacial score (nSPS) is 11.0. The van der Waals surface area contributed by atoms with Crippen LogP contribution in [0.4, 0.5) is 5.95 Å². The van der Waals surface area contributed by atoms with E-state index in [-0.39, 0.29) is 6.04 Å². The van der Waals surface area contributed by atoms with Crippen molar-refractivity contribution in [2.75, 3.05) is 5.32 Å². The Morgan fingerprint density at radius 3 is 2.36 bits per heavy atom. The van der Waals surface area contributed by atoms with Crippen LogP contribution in [0.25, 0.3) is 0 Å². The SMILES string of the molecule is CC(C)c1nc(NC=O)nn1C(C)C. The molecule has 0 bridgehead atoms. The first-order chi connectivity index (χ1) is 6.56. The fraction of sp³-hybridized carbons (Fsp3) is 0.667. The topological polar surface area (TPSA) is 59.8 Å². The van der Waals surface area contributed by atoms with E-state index < -0.39 is 0 Å². The Hall–Kier alpha value is -1.39. The van der Waals surface area contributed by atoms with Gasteiger partial charge in [-0.2, -0.15) is 4.98 Å². The second-order valence-corrected chi connectivity index (χ2v) is 3.75. The third-order valence-corrected chi connectivity index (χ3v) is 1.85. The van der Waals surface area contributed by atoms with Gasteiger partial charge < -0.3 is 0 Å². The number of aromatic nitrogens is 3. The molecule has 0 atom stereocenters. The minimum Gasteiger partial charge on any atom is -0.296 e. The van der Waals surface area contributed by atoms with Crippen molar-refractivity contribution >= 4 is 12.4 Å². The second kappa shape index (κ2) is 4.21. The van der Waals surface area contributed by atoms with Crippen molar-refractivity contribution in [1.29, 1.82) is 0 Å². The van der Waals surface area contributed by atoms with Gasteiger partial charge in [-0.25, -0.2) is 4.68 Å². The van der Waals surface area contributed by atoms with Crippen molar-refractivity contribution in [3.8, 4) is 0 Å². The molecule has 1 aromatic heterocycles. The fourth-order valence-electron chi connectivity index (χ4n) is 1.22. The molecule has 14 heavy (non-hydrogen) atoms. The average molecular weight is 196 g/mol. The summed E-state index contributed by atoms with van der Waals surface area (Å²) in [5, 5.41) is 6.64. The molecular weight excluding hydrogens is 180 g/mol. The lowest BCUT2D eigenvalue weighted by Crippen LogP contribution is -2.09. The molecule has 0 unspecified atom stereocenters. The lowest BCUT2D eigenvalue weighted by Gasteiger charge is -2.10. The molecular formula is C9H16N4O. The summed E-state index contributed by atoms with van der Waals surface area (Å²) in [5.74, 6) is 1.56. The monoisotopic (exact) mass is 196 g/mol. The number of amides is 1. The van der Waals surface area contributed by atoms with Crippen molar-refractivity contribution in [3.05, 3.63) is 5.82 Å². The molecule has 0 saturated carbocycles. The van der Waals surface area contributed by atoms with Gasteiger partial charge in [-0.3, -0.25) is 10.1 Å². The first-order valence-electron chi connectivity index (χ1n) is 4.73. The number of hydrogen-bond donors (Lipinski definition) is 1. The maximum atomic E-state index is 10.2. The van der Waals surface area contributed by atoms with Gasteiger partial charge in [-0.15, -0.1) is 5.10 Å². The summed E-state index contributed by atoms with van der Waals surface area (Å²) in [4.78, 5) is 14.5. The average Bonchev–Trinajstić information content (AvgIpc) is 2.49. The van der Waals surface area contributed by atoms with Crippen LogP contribution < -0.4 is 5.32 Å². The third kappa shape index (κ3) is 2.10. The number of nitrogens with zero attached hydrogens (tertiary/aromatic N) is 3. The van der Waals surface area contributed by atoms with E-state index in [9.17, 15) is 4.79 Å². The molecule has 1 rings (SSSR count). The summed E-state index contributed by atoms with van der Waals surface area (Å²) in [7, 11) is 0. The van der Waals surface area contributed by atoms with Crippen LogP contribution in [0, 0.1) is 0 Å². The van der Waals surface area contributed by atoms with E-state index in [4.69, 9.17) is 0 Å². The summed E-state index contributed by atoms with van der Waals surface area (Å²) in [6, 6.07) is 0.252. The fourth-order valence-corrected chi connectivity index (χ4v) is 1.22. The quantitative estimate of drug-likeness (QED) is 0.743. The molecule has 0 radical (unpaired) electrons. The van der Waals surface area contributed by atoms with E-state index in [1.54, 1.807) is 0 Å². The Kier molecular flexibility index (Phi) is 3.22. The van der Waals surface area contributed by atoms with Crippen molar-refractivity contribution in [2.45, 2.75) is 39.7 Å². The van der Waals surface area contributed by atoms with E-state index in [1.807, 2.05) is 32.4 Å². The van der Waals surface area contributed by atoms with Gasteiger partial charge >= 0.3 is 0 Å². The highest BCUT2D eigenvalue weighted by molar-refractivity contribution is 5.66. The molecule has 0 aliphatic rings. The largest absolute Gasteiger partial charge is 0.296 e. The van der Waals surface area contributed by atoms with Crippen LogP contribution in [0.3, 0.4) is 0 Å². The number of anilines is 1. The van der Waals surface area contributed by atoms with Gasteiger partial charge in [0.15, 0.2) is 0 Å². The van der Waals surface area contributed by atoms with E-state index in [0.717, 1.165) is 5.82 Å². The highest BCUT2D eigenvalue weighted by atomic mass is 16.1. The van der Waals surface area contributed by atoms with Crippen molar-refractivity contribution in [3.63, 3.8) is 0 Å². The Labute approximate surface area is 83.5 Å². The van der Waals surface area contributed by atoms with E-state index in [1.165, 1.54) is 0 Å². The van der Waals surface area contributed by atoms with Gasteiger partial charge in [-0.1, -0.05) is 13.8 Å². The van der Waals surface area contributed by atoms with Crippen LogP contribution in [0.2, 0.25) is 0 Å². The summed E-state index contributed by atoms with van der Waals surface area (Å²) >= 11 is 0. The molecule has 1 aromatic rings. The van der Waals surface area contributed by atoms with Crippen LogP contribution in [0.5, 0.6) is 0 Å². The molecule has 0 aliphatic heterocycles. The maximum absolute atomic E-state index is 10.2. The number of hydrogen-bond acceptors (Lipinski definition) is 3. The molecule has 1 N–H and O–H groups in total. The van der Waals surface area contributed by atoms with Gasteiger partial charge in [-0.05, 0) is 13.8 Å². The summed E-state index contributed by atoms with van der Waals surface area (Å²) in [6.45, 7) is 8.16. The van der Waals surface area contributed by atoms with Gasteiger partial charge in [0.2, 0.25) is 12.4 Å². The molecule has 1 heterocycles. The third-order valence-electron chi connectivity index (χ3n) is 1.85. The smallest absolute Gasteiger partial charge is 0.248 e. The minimum absolute atomic E-state index is 0.252. The predicted octanol–water partition coefficient (Wildman–Crippen LogP) is 1.55. The van der Waals surface area contributed by atoms with E-state index in [0.29, 0.717) is 18.3 Å². The van der Waals surface area contributed by atoms with Crippen molar-refractivity contribution in [2.24, 2.45) is 0 Å². The molecule has 78 valence electrons. The first-order valence-corrected chi connectivity index (χ1v) is 4.73. The van der Waals surface area contributed by atoms with Crippen LogP contribution in [0.15, 0.2) is 0 Å². The summed E-state index contributed by atoms with van der Waals surface area (Å²) in [5.41, 5.74) is 0. The van der Waals surface area contributed by atoms with Crippen LogP contribution in [0.1, 0.15) is 45.5 Å². The van der Waals surface area contributed by atoms with Crippen LogP contribution >= 0.6 is 0 Å². The zero-order chi connectivity index (χ0) is 10.7. The molecule has 0 aromatic carbocycles. The summed E-state index contributed by atoms with van der Waals surface area (Å²) < 4.78 is 1.83. The Morgan fingerprint density at radius 2 is 2.00 bits per heavy atom. The molecule has 0 aliphatic carbocycles. The summed E-state index contributed by atoms with van der Waals surface area (Å²) in [6.07, 6.45) is 0.587. The molecule has 0 fully saturated rings. The number of carbonyl (C=O) groups is 1. The maximum Gasteiger partial charge on any atom is 0.248 e. The Morgan fingerprint density at radius 1 is 1.36 bits per heavy atom. The molecule has 5 heteroatoms. The highest BCUT2D eigenvalue weighted by Gasteiger charge is 2.14. The van der Waals surface area contributed by atoms with Gasteiger partial charge in [0.1, 0.15) is 5.82 Å². The number of rotatable bonds is 4. The van der Waals surface area contributed by atoms with Crippen LogP contribution in [-0.2, 0) is 4.79 Å². The second-order valence-electron chi connectivity index (χ2n) is 3.75. The van der Waals surface area contributed by atoms with Gasteiger partial charge in [0.25, 0.3) is 0 Å².